The smallest absolute Gasteiger partial charge is 0.402 e. The third kappa shape index (κ3) is 4.37. The summed E-state index contributed by atoms with van der Waals surface area (Å²) in [5.74, 6) is 0.858. The van der Waals surface area contributed by atoms with E-state index in [2.05, 4.69) is 46.5 Å². The lowest BCUT2D eigenvalue weighted by molar-refractivity contribution is -0.274. The van der Waals surface area contributed by atoms with Crippen LogP contribution in [-0.2, 0) is 0 Å². The van der Waals surface area contributed by atoms with Crippen molar-refractivity contribution < 1.29 is 17.9 Å². The number of thioether (sulfide) groups is 1. The van der Waals surface area contributed by atoms with Gasteiger partial charge in [-0.1, -0.05) is 0 Å². The molecule has 1 unspecified atom stereocenters. The van der Waals surface area contributed by atoms with Crippen LogP contribution in [0.25, 0.3) is 11.3 Å². The molecule has 1 aliphatic carbocycles. The Morgan fingerprint density at radius 2 is 1.79 bits per heavy atom. The third-order valence-corrected chi connectivity index (χ3v) is 8.46. The van der Waals surface area contributed by atoms with E-state index in [0.29, 0.717) is 40.4 Å². The zero-order valence-electron chi connectivity index (χ0n) is 19.8. The summed E-state index contributed by atoms with van der Waals surface area (Å²) in [4.78, 5) is 9.06. The number of pyridine rings is 1. The third-order valence-electron chi connectivity index (χ3n) is 7.48. The number of piperidine rings is 1. The van der Waals surface area contributed by atoms with E-state index in [1.807, 2.05) is 22.5 Å². The molecule has 3 fully saturated rings. The van der Waals surface area contributed by atoms with Crippen LogP contribution in [0.15, 0.2) is 18.3 Å². The van der Waals surface area contributed by atoms with E-state index >= 15 is 0 Å². The topological polar surface area (TPSA) is 72.4 Å². The minimum Gasteiger partial charge on any atom is -0.402 e. The molecule has 2 N–H and O–H groups in total. The number of hydrogen-bond acceptors (Lipinski definition) is 7. The maximum absolute atomic E-state index is 12.7. The van der Waals surface area contributed by atoms with Gasteiger partial charge in [0.25, 0.3) is 0 Å². The molecule has 2 aliphatic heterocycles. The van der Waals surface area contributed by atoms with Crippen molar-refractivity contribution in [3.63, 3.8) is 0 Å². The standard InChI is InChI=1S/C23H31F3N6OS/c1-12(2)32-19(6-18(29-32)14-5-20(22(27)28-7-14)33-23(24,25)26)21-16-10-31(11-17(16)21)15-8-30(9-15)13(3)34-4/h5-7,12-13,15-17,21H,8-11H2,1-4H3,(H2,27,28)/t13?,16-,17+,21+. The van der Waals surface area contributed by atoms with E-state index in [4.69, 9.17) is 10.8 Å². The van der Waals surface area contributed by atoms with Crippen molar-refractivity contribution in [3.05, 3.63) is 24.0 Å². The molecule has 1 saturated carbocycles. The normalized spacial score (nSPS) is 26.5. The second-order valence-electron chi connectivity index (χ2n) is 9.90. The predicted molar refractivity (Wildman–Crippen MR) is 127 cm³/mol. The molecule has 0 spiro atoms. The molecular weight excluding hydrogens is 465 g/mol. The van der Waals surface area contributed by atoms with Crippen LogP contribution in [-0.4, -0.2) is 74.8 Å². The van der Waals surface area contributed by atoms with Gasteiger partial charge in [-0.05, 0) is 51.0 Å². The number of nitrogens with two attached hydrogens (primary N) is 1. The average Bonchev–Trinajstić information content (AvgIpc) is 3.07. The van der Waals surface area contributed by atoms with Crippen molar-refractivity contribution in [2.24, 2.45) is 11.8 Å². The first-order valence-electron chi connectivity index (χ1n) is 11.7. The molecule has 11 heteroatoms. The Balaban J connectivity index is 1.30. The number of ether oxygens (including phenoxy) is 1. The van der Waals surface area contributed by atoms with Gasteiger partial charge in [-0.2, -0.15) is 5.10 Å². The minimum absolute atomic E-state index is 0.141. The fraction of sp³-hybridized carbons (Fsp3) is 0.652. The Bertz CT molecular complexity index is 1040. The summed E-state index contributed by atoms with van der Waals surface area (Å²) in [6.07, 6.45) is -1.23. The summed E-state index contributed by atoms with van der Waals surface area (Å²) < 4.78 is 44.3. The monoisotopic (exact) mass is 496 g/mol. The fourth-order valence-electron chi connectivity index (χ4n) is 5.47. The maximum atomic E-state index is 12.7. The van der Waals surface area contributed by atoms with Crippen LogP contribution < -0.4 is 10.5 Å². The number of hydrogen-bond donors (Lipinski definition) is 1. The van der Waals surface area contributed by atoms with Crippen LogP contribution in [0.3, 0.4) is 0 Å². The molecule has 186 valence electrons. The average molecular weight is 497 g/mol. The lowest BCUT2D eigenvalue weighted by Gasteiger charge is -2.47. The molecule has 3 aliphatic rings. The Morgan fingerprint density at radius 3 is 2.38 bits per heavy atom. The summed E-state index contributed by atoms with van der Waals surface area (Å²) in [6, 6.07) is 4.06. The van der Waals surface area contributed by atoms with Gasteiger partial charge >= 0.3 is 6.36 Å². The lowest BCUT2D eigenvalue weighted by atomic mass is 10.1. The number of alkyl halides is 3. The van der Waals surface area contributed by atoms with E-state index < -0.39 is 12.1 Å². The molecule has 4 atom stereocenters. The first kappa shape index (κ1) is 23.7. The molecule has 0 bridgehead atoms. The Labute approximate surface area is 201 Å². The van der Waals surface area contributed by atoms with E-state index in [-0.39, 0.29) is 11.9 Å². The van der Waals surface area contributed by atoms with Gasteiger partial charge in [0, 0.05) is 61.6 Å². The molecule has 0 aromatic carbocycles. The number of nitrogen functional groups attached to an aromatic ring is 1. The van der Waals surface area contributed by atoms with Gasteiger partial charge in [-0.15, -0.1) is 24.9 Å². The van der Waals surface area contributed by atoms with E-state index in [1.165, 1.54) is 12.3 Å². The molecular formula is C23H31F3N6OS. The van der Waals surface area contributed by atoms with Crippen molar-refractivity contribution in [1.29, 1.82) is 0 Å². The summed E-state index contributed by atoms with van der Waals surface area (Å²) in [5, 5.41) is 5.31. The van der Waals surface area contributed by atoms with Crippen LogP contribution >= 0.6 is 11.8 Å². The zero-order valence-corrected chi connectivity index (χ0v) is 20.6. The molecule has 0 amide bonds. The van der Waals surface area contributed by atoms with Gasteiger partial charge < -0.3 is 10.5 Å². The fourth-order valence-corrected chi connectivity index (χ4v) is 5.95. The Kier molecular flexibility index (Phi) is 6.01. The number of anilines is 1. The van der Waals surface area contributed by atoms with Crippen LogP contribution in [0.5, 0.6) is 5.75 Å². The summed E-state index contributed by atoms with van der Waals surface area (Å²) >= 11 is 1.89. The van der Waals surface area contributed by atoms with Gasteiger partial charge in [-0.3, -0.25) is 14.5 Å². The number of aromatic nitrogens is 3. The molecule has 2 saturated heterocycles. The van der Waals surface area contributed by atoms with E-state index in [9.17, 15) is 13.2 Å². The summed E-state index contributed by atoms with van der Waals surface area (Å²) in [5.41, 5.74) is 7.79. The molecule has 2 aromatic heterocycles. The second-order valence-corrected chi connectivity index (χ2v) is 11.1. The number of likely N-dealkylation sites (tertiary alicyclic amines) is 2. The first-order chi connectivity index (χ1) is 16.1. The number of fused-ring (bicyclic) bond motifs is 1. The molecule has 34 heavy (non-hydrogen) atoms. The van der Waals surface area contributed by atoms with Gasteiger partial charge in [-0.25, -0.2) is 4.98 Å². The summed E-state index contributed by atoms with van der Waals surface area (Å²) in [7, 11) is 0. The number of halogens is 3. The van der Waals surface area contributed by atoms with Crippen LogP contribution in [0, 0.1) is 11.8 Å². The van der Waals surface area contributed by atoms with Gasteiger partial charge in [0.2, 0.25) is 0 Å². The zero-order chi connectivity index (χ0) is 24.4. The highest BCUT2D eigenvalue weighted by Crippen LogP contribution is 2.59. The lowest BCUT2D eigenvalue weighted by Crippen LogP contribution is -2.61. The second kappa shape index (κ2) is 8.60. The number of rotatable bonds is 7. The van der Waals surface area contributed by atoms with Crippen molar-refractivity contribution in [1.82, 2.24) is 24.6 Å². The SMILES string of the molecule is CSC(C)N1CC(N2C[C@@H]3[C@H](C2)[C@H]3c2cc(-c3cnc(N)c(OC(F)(F)F)c3)nn2C(C)C)C1. The van der Waals surface area contributed by atoms with E-state index in [1.54, 1.807) is 0 Å². The highest BCUT2D eigenvalue weighted by molar-refractivity contribution is 7.99. The predicted octanol–water partition coefficient (Wildman–Crippen LogP) is 4.05. The molecule has 2 aromatic rings. The van der Waals surface area contributed by atoms with Gasteiger partial charge in [0.05, 0.1) is 11.1 Å². The first-order valence-corrected chi connectivity index (χ1v) is 13.0. The number of nitrogens with zero attached hydrogens (tertiary/aromatic N) is 5. The Hall–Kier alpha value is -1.98. The van der Waals surface area contributed by atoms with E-state index in [0.717, 1.165) is 31.9 Å². The minimum atomic E-state index is -4.83. The van der Waals surface area contributed by atoms with Crippen LogP contribution in [0.1, 0.15) is 38.4 Å². The molecule has 4 heterocycles. The highest BCUT2D eigenvalue weighted by Gasteiger charge is 2.59. The highest BCUT2D eigenvalue weighted by atomic mass is 32.2. The van der Waals surface area contributed by atoms with Gasteiger partial charge in [0.1, 0.15) is 0 Å². The van der Waals surface area contributed by atoms with Crippen LogP contribution in [0.2, 0.25) is 0 Å². The quantitative estimate of drug-likeness (QED) is 0.620. The summed E-state index contributed by atoms with van der Waals surface area (Å²) in [6.45, 7) is 10.9. The molecule has 0 radical (unpaired) electrons. The van der Waals surface area contributed by atoms with Crippen molar-refractivity contribution in [3.8, 4) is 17.0 Å². The van der Waals surface area contributed by atoms with Crippen molar-refractivity contribution >= 4 is 17.6 Å². The maximum Gasteiger partial charge on any atom is 0.573 e. The van der Waals surface area contributed by atoms with Crippen molar-refractivity contribution in [2.45, 2.75) is 50.5 Å². The Morgan fingerprint density at radius 1 is 1.12 bits per heavy atom. The van der Waals surface area contributed by atoms with Crippen molar-refractivity contribution in [2.75, 3.05) is 38.2 Å². The van der Waals surface area contributed by atoms with Gasteiger partial charge in [0.15, 0.2) is 11.6 Å². The molecule has 7 nitrogen and oxygen atoms in total. The van der Waals surface area contributed by atoms with Crippen LogP contribution in [0.4, 0.5) is 19.0 Å². The largest absolute Gasteiger partial charge is 0.573 e. The molecule has 5 rings (SSSR count).